The molecule has 0 unspecified atom stereocenters. The van der Waals surface area contributed by atoms with Crippen LogP contribution in [-0.2, 0) is 6.42 Å². The lowest BCUT2D eigenvalue weighted by Crippen LogP contribution is -2.12. The topological polar surface area (TPSA) is 0 Å². The molecule has 0 aliphatic carbocycles. The number of halogens is 5. The molecule has 0 atom stereocenters. The van der Waals surface area contributed by atoms with Crippen LogP contribution in [0.15, 0.2) is 22.7 Å². The molecule has 0 bridgehead atoms. The van der Waals surface area contributed by atoms with Gasteiger partial charge in [-0.1, -0.05) is 22.0 Å². The van der Waals surface area contributed by atoms with Gasteiger partial charge in [-0.3, -0.25) is 0 Å². The predicted molar refractivity (Wildman–Crippen MR) is 56.6 cm³/mol. The maximum Gasteiger partial charge on any atom is 0.393 e. The third-order valence-corrected chi connectivity index (χ3v) is 2.90. The molecule has 0 amide bonds. The van der Waals surface area contributed by atoms with Gasteiger partial charge in [0.25, 0.3) is 0 Å². The Balaban J connectivity index is 2.90. The molecule has 0 fully saturated rings. The average Bonchev–Trinajstić information content (AvgIpc) is 1.93. The Morgan fingerprint density at radius 1 is 1.31 bits per heavy atom. The van der Waals surface area contributed by atoms with Gasteiger partial charge in [-0.05, 0) is 40.3 Å². The van der Waals surface area contributed by atoms with Crippen molar-refractivity contribution in [1.29, 1.82) is 0 Å². The standard InChI is InChI=1S/C8H5BrF3I/c9-6-2-1-5(7(13)3-6)4-8(10,11)12/h1-3H,4H2. The smallest absolute Gasteiger partial charge is 0.171 e. The molecule has 0 heterocycles. The second-order valence-corrected chi connectivity index (χ2v) is 4.61. The summed E-state index contributed by atoms with van der Waals surface area (Å²) < 4.78 is 37.4. The zero-order valence-electron chi connectivity index (χ0n) is 6.33. The molecule has 1 aromatic rings. The van der Waals surface area contributed by atoms with Crippen LogP contribution >= 0.6 is 38.5 Å². The molecule has 5 heteroatoms. The fraction of sp³-hybridized carbons (Fsp3) is 0.250. The highest BCUT2D eigenvalue weighted by Gasteiger charge is 2.28. The maximum atomic E-state index is 12.0. The Bertz CT molecular complexity index is 309. The van der Waals surface area contributed by atoms with E-state index in [1.807, 2.05) is 22.6 Å². The van der Waals surface area contributed by atoms with Gasteiger partial charge in [0.2, 0.25) is 0 Å². The minimum atomic E-state index is -4.13. The van der Waals surface area contributed by atoms with Crippen LogP contribution in [0, 0.1) is 3.57 Å². The van der Waals surface area contributed by atoms with Crippen molar-refractivity contribution in [3.63, 3.8) is 0 Å². The Morgan fingerprint density at radius 3 is 2.38 bits per heavy atom. The van der Waals surface area contributed by atoms with Gasteiger partial charge in [0.1, 0.15) is 0 Å². The van der Waals surface area contributed by atoms with Gasteiger partial charge in [-0.25, -0.2) is 0 Å². The molecule has 0 aliphatic heterocycles. The first-order valence-corrected chi connectivity index (χ1v) is 5.26. The molecule has 0 radical (unpaired) electrons. The van der Waals surface area contributed by atoms with Crippen molar-refractivity contribution in [1.82, 2.24) is 0 Å². The molecule has 0 aliphatic rings. The van der Waals surface area contributed by atoms with Gasteiger partial charge in [0.15, 0.2) is 0 Å². The van der Waals surface area contributed by atoms with E-state index in [2.05, 4.69) is 15.9 Å². The van der Waals surface area contributed by atoms with E-state index >= 15 is 0 Å². The van der Waals surface area contributed by atoms with Crippen molar-refractivity contribution in [3.8, 4) is 0 Å². The van der Waals surface area contributed by atoms with Gasteiger partial charge < -0.3 is 0 Å². The van der Waals surface area contributed by atoms with Crippen molar-refractivity contribution in [2.45, 2.75) is 12.6 Å². The second-order valence-electron chi connectivity index (χ2n) is 2.53. The monoisotopic (exact) mass is 364 g/mol. The summed E-state index contributed by atoms with van der Waals surface area (Å²) in [5.41, 5.74) is 0.316. The van der Waals surface area contributed by atoms with E-state index in [-0.39, 0.29) is 0 Å². The molecule has 13 heavy (non-hydrogen) atoms. The van der Waals surface area contributed by atoms with Crippen LogP contribution in [0.5, 0.6) is 0 Å². The number of alkyl halides is 3. The summed E-state index contributed by atoms with van der Waals surface area (Å²) >= 11 is 5.09. The van der Waals surface area contributed by atoms with Crippen molar-refractivity contribution in [3.05, 3.63) is 31.8 Å². The Labute approximate surface area is 95.8 Å². The van der Waals surface area contributed by atoms with E-state index in [0.717, 1.165) is 4.47 Å². The Hall–Kier alpha value is 0.220. The minimum Gasteiger partial charge on any atom is -0.171 e. The molecule has 0 aromatic heterocycles. The number of hydrogen-bond donors (Lipinski definition) is 0. The average molecular weight is 365 g/mol. The molecule has 0 nitrogen and oxygen atoms in total. The van der Waals surface area contributed by atoms with Crippen molar-refractivity contribution in [2.24, 2.45) is 0 Å². The highest BCUT2D eigenvalue weighted by molar-refractivity contribution is 14.1. The lowest BCUT2D eigenvalue weighted by molar-refractivity contribution is -0.127. The lowest BCUT2D eigenvalue weighted by atomic mass is 10.1. The molecular formula is C8H5BrF3I. The molecule has 1 aromatic carbocycles. The van der Waals surface area contributed by atoms with E-state index in [4.69, 9.17) is 0 Å². The van der Waals surface area contributed by atoms with E-state index < -0.39 is 12.6 Å². The highest BCUT2D eigenvalue weighted by Crippen LogP contribution is 2.26. The summed E-state index contributed by atoms with van der Waals surface area (Å²) in [6.07, 6.45) is -4.99. The zero-order chi connectivity index (χ0) is 10.1. The van der Waals surface area contributed by atoms with E-state index in [1.165, 1.54) is 6.07 Å². The Kier molecular flexibility index (Phi) is 3.62. The number of benzene rings is 1. The Morgan fingerprint density at radius 2 is 1.92 bits per heavy atom. The van der Waals surface area contributed by atoms with Gasteiger partial charge in [0, 0.05) is 8.04 Å². The fourth-order valence-electron chi connectivity index (χ4n) is 0.881. The fourth-order valence-corrected chi connectivity index (χ4v) is 2.38. The lowest BCUT2D eigenvalue weighted by Gasteiger charge is -2.08. The quantitative estimate of drug-likeness (QED) is 0.656. The first kappa shape index (κ1) is 11.3. The largest absolute Gasteiger partial charge is 0.393 e. The van der Waals surface area contributed by atoms with Crippen LogP contribution in [0.3, 0.4) is 0 Å². The zero-order valence-corrected chi connectivity index (χ0v) is 10.1. The van der Waals surface area contributed by atoms with Gasteiger partial charge in [-0.15, -0.1) is 0 Å². The predicted octanol–water partition coefficient (Wildman–Crippen LogP) is 4.16. The van der Waals surface area contributed by atoms with Crippen LogP contribution in [0.25, 0.3) is 0 Å². The first-order chi connectivity index (χ1) is 5.88. The van der Waals surface area contributed by atoms with Crippen LogP contribution < -0.4 is 0 Å². The summed E-state index contributed by atoms with van der Waals surface area (Å²) in [4.78, 5) is 0. The van der Waals surface area contributed by atoms with Crippen LogP contribution in [0.4, 0.5) is 13.2 Å². The minimum absolute atomic E-state index is 0.316. The molecule has 72 valence electrons. The molecule has 0 saturated carbocycles. The number of hydrogen-bond acceptors (Lipinski definition) is 0. The van der Waals surface area contributed by atoms with Crippen LogP contribution in [0.1, 0.15) is 5.56 Å². The van der Waals surface area contributed by atoms with Gasteiger partial charge in [-0.2, -0.15) is 13.2 Å². The summed E-state index contributed by atoms with van der Waals surface area (Å²) in [5, 5.41) is 0. The van der Waals surface area contributed by atoms with E-state index in [1.54, 1.807) is 12.1 Å². The van der Waals surface area contributed by atoms with E-state index in [9.17, 15) is 13.2 Å². The molecule has 0 saturated heterocycles. The normalized spacial score (nSPS) is 11.8. The molecule has 0 spiro atoms. The summed E-state index contributed by atoms with van der Waals surface area (Å²) in [6.45, 7) is 0. The van der Waals surface area contributed by atoms with Crippen molar-refractivity contribution < 1.29 is 13.2 Å². The van der Waals surface area contributed by atoms with Crippen LogP contribution in [-0.4, -0.2) is 6.18 Å². The summed E-state index contributed by atoms with van der Waals surface area (Å²) in [6, 6.07) is 4.77. The van der Waals surface area contributed by atoms with Crippen molar-refractivity contribution >= 4 is 38.5 Å². The maximum absolute atomic E-state index is 12.0. The highest BCUT2D eigenvalue weighted by atomic mass is 127. The summed E-state index contributed by atoms with van der Waals surface area (Å²) in [5.74, 6) is 0. The SMILES string of the molecule is FC(F)(F)Cc1ccc(Br)cc1I. The molecular weight excluding hydrogens is 360 g/mol. The number of rotatable bonds is 1. The van der Waals surface area contributed by atoms with Gasteiger partial charge in [0.05, 0.1) is 6.42 Å². The van der Waals surface area contributed by atoms with Crippen molar-refractivity contribution in [2.75, 3.05) is 0 Å². The summed E-state index contributed by atoms with van der Waals surface area (Å²) in [7, 11) is 0. The van der Waals surface area contributed by atoms with Gasteiger partial charge >= 0.3 is 6.18 Å². The van der Waals surface area contributed by atoms with E-state index in [0.29, 0.717) is 9.13 Å². The molecule has 0 N–H and O–H groups in total. The third kappa shape index (κ3) is 3.84. The first-order valence-electron chi connectivity index (χ1n) is 3.39. The molecule has 1 rings (SSSR count). The van der Waals surface area contributed by atoms with Crippen LogP contribution in [0.2, 0.25) is 0 Å². The third-order valence-electron chi connectivity index (χ3n) is 1.41. The second kappa shape index (κ2) is 4.16.